The summed E-state index contributed by atoms with van der Waals surface area (Å²) in [5.74, 6) is 0. The summed E-state index contributed by atoms with van der Waals surface area (Å²) in [6, 6.07) is 0.629. The molecule has 0 rings (SSSR count). The van der Waals surface area contributed by atoms with Gasteiger partial charge in [0.05, 0.1) is 0 Å². The van der Waals surface area contributed by atoms with Crippen molar-refractivity contribution in [1.29, 1.82) is 0 Å². The molecule has 0 N–H and O–H groups in total. The van der Waals surface area contributed by atoms with Crippen molar-refractivity contribution in [3.05, 3.63) is 36.0 Å². The molecule has 0 fully saturated rings. The molecule has 0 spiro atoms. The van der Waals surface area contributed by atoms with E-state index in [1.165, 1.54) is 24.0 Å². The molecule has 1 unspecified atom stereocenters. The smallest absolute Gasteiger partial charge is 0.0171 e. The third-order valence-electron chi connectivity index (χ3n) is 3.34. The number of nitrogens with zero attached hydrogens (tertiary/aromatic N) is 1. The van der Waals surface area contributed by atoms with Crippen LogP contribution in [0.3, 0.4) is 0 Å². The predicted octanol–water partition coefficient (Wildman–Crippen LogP) is 4.97. The topological polar surface area (TPSA) is 3.24 Å². The third kappa shape index (κ3) is 8.30. The van der Waals surface area contributed by atoms with Crippen molar-refractivity contribution in [1.82, 2.24) is 4.90 Å². The summed E-state index contributed by atoms with van der Waals surface area (Å²) in [4.78, 5) is 2.47. The second kappa shape index (κ2) is 10.1. The van der Waals surface area contributed by atoms with Crippen molar-refractivity contribution in [2.24, 2.45) is 0 Å². The first-order valence-electron chi connectivity index (χ1n) is 7.15. The molecule has 0 radical (unpaired) electrons. The SMILES string of the molecule is C=CCN(C/C=C(\C)CCC=C(C)C)C(C)CC. The van der Waals surface area contributed by atoms with Crippen LogP contribution < -0.4 is 0 Å². The van der Waals surface area contributed by atoms with Gasteiger partial charge in [0.25, 0.3) is 0 Å². The van der Waals surface area contributed by atoms with E-state index in [1.807, 2.05) is 6.08 Å². The highest BCUT2D eigenvalue weighted by molar-refractivity contribution is 5.03. The predicted molar refractivity (Wildman–Crippen MR) is 83.9 cm³/mol. The summed E-state index contributed by atoms with van der Waals surface area (Å²) in [5.41, 5.74) is 2.90. The van der Waals surface area contributed by atoms with E-state index in [-0.39, 0.29) is 0 Å². The molecule has 0 saturated carbocycles. The Morgan fingerprint density at radius 1 is 1.17 bits per heavy atom. The molecule has 0 aromatic carbocycles. The first-order valence-corrected chi connectivity index (χ1v) is 7.15. The summed E-state index contributed by atoms with van der Waals surface area (Å²) in [6.45, 7) is 17.0. The zero-order valence-corrected chi connectivity index (χ0v) is 13.0. The fourth-order valence-corrected chi connectivity index (χ4v) is 1.82. The molecule has 0 bridgehead atoms. The van der Waals surface area contributed by atoms with Gasteiger partial charge in [-0.1, -0.05) is 36.3 Å². The van der Waals surface area contributed by atoms with Crippen LogP contribution >= 0.6 is 0 Å². The van der Waals surface area contributed by atoms with Gasteiger partial charge in [-0.2, -0.15) is 0 Å². The van der Waals surface area contributed by atoms with Crippen molar-refractivity contribution < 1.29 is 0 Å². The van der Waals surface area contributed by atoms with Crippen LogP contribution in [0.1, 0.15) is 53.9 Å². The molecule has 0 aliphatic carbocycles. The first kappa shape index (κ1) is 17.2. The summed E-state index contributed by atoms with van der Waals surface area (Å²) in [5, 5.41) is 0. The van der Waals surface area contributed by atoms with Gasteiger partial charge < -0.3 is 0 Å². The number of allylic oxidation sites excluding steroid dienone is 3. The molecule has 104 valence electrons. The molecule has 0 aromatic heterocycles. The first-order chi connectivity index (χ1) is 8.51. The summed E-state index contributed by atoms with van der Waals surface area (Å²) in [7, 11) is 0. The van der Waals surface area contributed by atoms with Crippen molar-refractivity contribution >= 4 is 0 Å². The van der Waals surface area contributed by atoms with Gasteiger partial charge in [0, 0.05) is 19.1 Å². The Hall–Kier alpha value is -0.820. The maximum absolute atomic E-state index is 3.84. The van der Waals surface area contributed by atoms with Crippen molar-refractivity contribution in [3.8, 4) is 0 Å². The number of hydrogen-bond acceptors (Lipinski definition) is 1. The molecule has 0 aliphatic rings. The zero-order valence-electron chi connectivity index (χ0n) is 13.0. The van der Waals surface area contributed by atoms with E-state index in [9.17, 15) is 0 Å². The maximum atomic E-state index is 3.84. The lowest BCUT2D eigenvalue weighted by Crippen LogP contribution is -2.33. The zero-order chi connectivity index (χ0) is 14.0. The Labute approximate surface area is 114 Å². The lowest BCUT2D eigenvalue weighted by molar-refractivity contribution is 0.250. The largest absolute Gasteiger partial charge is 0.293 e. The van der Waals surface area contributed by atoms with Crippen LogP contribution in [0.2, 0.25) is 0 Å². The van der Waals surface area contributed by atoms with E-state index in [0.717, 1.165) is 19.5 Å². The highest BCUT2D eigenvalue weighted by Gasteiger charge is 2.08. The minimum Gasteiger partial charge on any atom is -0.293 e. The molecule has 0 heterocycles. The van der Waals surface area contributed by atoms with Crippen LogP contribution in [0.15, 0.2) is 36.0 Å². The molecule has 0 saturated heterocycles. The third-order valence-corrected chi connectivity index (χ3v) is 3.34. The molecule has 0 amide bonds. The van der Waals surface area contributed by atoms with Crippen LogP contribution in [-0.2, 0) is 0 Å². The second-order valence-electron chi connectivity index (χ2n) is 5.37. The Morgan fingerprint density at radius 3 is 2.33 bits per heavy atom. The normalized spacial score (nSPS) is 13.6. The van der Waals surface area contributed by atoms with Crippen LogP contribution in [-0.4, -0.2) is 24.0 Å². The quantitative estimate of drug-likeness (QED) is 0.522. The van der Waals surface area contributed by atoms with E-state index in [0.29, 0.717) is 6.04 Å². The molecule has 0 aromatic rings. The molecule has 1 heteroatoms. The van der Waals surface area contributed by atoms with Crippen LogP contribution in [0, 0.1) is 0 Å². The number of rotatable bonds is 9. The van der Waals surface area contributed by atoms with Crippen LogP contribution in [0.4, 0.5) is 0 Å². The highest BCUT2D eigenvalue weighted by atomic mass is 15.1. The molecule has 1 atom stereocenters. The van der Waals surface area contributed by atoms with Gasteiger partial charge >= 0.3 is 0 Å². The Morgan fingerprint density at radius 2 is 1.83 bits per heavy atom. The van der Waals surface area contributed by atoms with E-state index >= 15 is 0 Å². The van der Waals surface area contributed by atoms with Crippen LogP contribution in [0.5, 0.6) is 0 Å². The minimum absolute atomic E-state index is 0.629. The van der Waals surface area contributed by atoms with Gasteiger partial charge in [0.2, 0.25) is 0 Å². The van der Waals surface area contributed by atoms with Crippen molar-refractivity contribution in [2.45, 2.75) is 59.9 Å². The monoisotopic (exact) mass is 249 g/mol. The maximum Gasteiger partial charge on any atom is 0.0171 e. The van der Waals surface area contributed by atoms with Gasteiger partial charge in [-0.05, 0) is 47.0 Å². The Balaban J connectivity index is 4.21. The van der Waals surface area contributed by atoms with Gasteiger partial charge in [0.1, 0.15) is 0 Å². The molecule has 1 nitrogen and oxygen atoms in total. The Kier molecular flexibility index (Phi) is 9.67. The summed E-state index contributed by atoms with van der Waals surface area (Å²) in [6.07, 6.45) is 10.2. The highest BCUT2D eigenvalue weighted by Crippen LogP contribution is 2.09. The molecular formula is C17H31N. The standard InChI is InChI=1S/C17H31N/c1-7-13-18(17(6)8-2)14-12-16(5)11-9-10-15(3)4/h7,10,12,17H,1,8-9,11,13-14H2,2-6H3/b16-12+. The van der Waals surface area contributed by atoms with E-state index < -0.39 is 0 Å². The van der Waals surface area contributed by atoms with Gasteiger partial charge in [-0.15, -0.1) is 6.58 Å². The lowest BCUT2D eigenvalue weighted by atomic mass is 10.1. The van der Waals surface area contributed by atoms with E-state index in [1.54, 1.807) is 0 Å². The molecule has 0 aliphatic heterocycles. The number of hydrogen-bond donors (Lipinski definition) is 0. The fraction of sp³-hybridized carbons (Fsp3) is 0.647. The van der Waals surface area contributed by atoms with Gasteiger partial charge in [-0.3, -0.25) is 4.90 Å². The van der Waals surface area contributed by atoms with Crippen LogP contribution in [0.25, 0.3) is 0 Å². The van der Waals surface area contributed by atoms with E-state index in [2.05, 4.69) is 58.2 Å². The fourth-order valence-electron chi connectivity index (χ4n) is 1.82. The second-order valence-corrected chi connectivity index (χ2v) is 5.37. The van der Waals surface area contributed by atoms with E-state index in [4.69, 9.17) is 0 Å². The van der Waals surface area contributed by atoms with Gasteiger partial charge in [0.15, 0.2) is 0 Å². The lowest BCUT2D eigenvalue weighted by Gasteiger charge is -2.26. The average molecular weight is 249 g/mol. The summed E-state index contributed by atoms with van der Waals surface area (Å²) >= 11 is 0. The summed E-state index contributed by atoms with van der Waals surface area (Å²) < 4.78 is 0. The van der Waals surface area contributed by atoms with Crippen molar-refractivity contribution in [2.75, 3.05) is 13.1 Å². The molecule has 18 heavy (non-hydrogen) atoms. The van der Waals surface area contributed by atoms with Gasteiger partial charge in [-0.25, -0.2) is 0 Å². The Bertz CT molecular complexity index is 282. The minimum atomic E-state index is 0.629. The van der Waals surface area contributed by atoms with Crippen molar-refractivity contribution in [3.63, 3.8) is 0 Å². The average Bonchev–Trinajstić information content (AvgIpc) is 2.33. The molecular weight excluding hydrogens is 218 g/mol.